The molecule has 0 aliphatic carbocycles. The second kappa shape index (κ2) is 11.3. The summed E-state index contributed by atoms with van der Waals surface area (Å²) in [6.45, 7) is 2.62. The quantitative estimate of drug-likeness (QED) is 0.547. The first-order valence-electron chi connectivity index (χ1n) is 9.96. The summed E-state index contributed by atoms with van der Waals surface area (Å²) < 4.78 is 5.23. The van der Waals surface area contributed by atoms with Crippen molar-refractivity contribution in [2.24, 2.45) is 11.8 Å². The lowest BCUT2D eigenvalue weighted by Crippen LogP contribution is -2.41. The lowest BCUT2D eigenvalue weighted by atomic mass is 9.81. The molecule has 0 amide bonds. The number of benzene rings is 1. The van der Waals surface area contributed by atoms with Crippen molar-refractivity contribution >= 4 is 41.8 Å². The van der Waals surface area contributed by atoms with Crippen LogP contribution in [0.3, 0.4) is 0 Å². The molecule has 3 aromatic rings. The van der Waals surface area contributed by atoms with Gasteiger partial charge in [-0.15, -0.1) is 24.8 Å². The molecule has 1 aliphatic heterocycles. The van der Waals surface area contributed by atoms with E-state index in [0.29, 0.717) is 0 Å². The summed E-state index contributed by atoms with van der Waals surface area (Å²) in [5, 5.41) is 9.36. The van der Waals surface area contributed by atoms with Crippen LogP contribution in [-0.4, -0.2) is 51.1 Å². The number of aromatic nitrogens is 3. The number of carbonyl (C=O) groups is 1. The van der Waals surface area contributed by atoms with E-state index in [2.05, 4.69) is 32.0 Å². The van der Waals surface area contributed by atoms with Gasteiger partial charge >= 0.3 is 5.97 Å². The molecule has 0 unspecified atom stereocenters. The van der Waals surface area contributed by atoms with Crippen molar-refractivity contribution in [3.63, 3.8) is 0 Å². The predicted octanol–water partition coefficient (Wildman–Crippen LogP) is 3.97. The molecule has 1 aliphatic rings. The number of carboxylic acids is 1. The first-order chi connectivity index (χ1) is 14.1. The number of nitrogens with one attached hydrogen (secondary N) is 1. The number of imidazole rings is 1. The van der Waals surface area contributed by atoms with Crippen LogP contribution in [-0.2, 0) is 17.8 Å². The molecule has 1 aromatic carbocycles. The lowest BCUT2D eigenvalue weighted by molar-refractivity contribution is -0.139. The van der Waals surface area contributed by atoms with E-state index in [4.69, 9.17) is 4.74 Å². The summed E-state index contributed by atoms with van der Waals surface area (Å²) in [4.78, 5) is 25.9. The van der Waals surface area contributed by atoms with Gasteiger partial charge in [-0.25, -0.2) is 4.98 Å². The van der Waals surface area contributed by atoms with Gasteiger partial charge < -0.3 is 14.8 Å². The van der Waals surface area contributed by atoms with Crippen molar-refractivity contribution in [1.29, 1.82) is 0 Å². The van der Waals surface area contributed by atoms with Gasteiger partial charge in [0.15, 0.2) is 0 Å². The van der Waals surface area contributed by atoms with Crippen molar-refractivity contribution in [2.45, 2.75) is 25.8 Å². The predicted molar refractivity (Wildman–Crippen MR) is 124 cm³/mol. The summed E-state index contributed by atoms with van der Waals surface area (Å²) in [5.41, 5.74) is 3.05. The molecule has 9 heteroatoms. The zero-order valence-corrected chi connectivity index (χ0v) is 19.0. The highest BCUT2D eigenvalue weighted by atomic mass is 35.5. The summed E-state index contributed by atoms with van der Waals surface area (Å²) in [6.07, 6.45) is 5.35. The van der Waals surface area contributed by atoms with Crippen molar-refractivity contribution in [3.05, 3.63) is 54.1 Å². The van der Waals surface area contributed by atoms with Crippen LogP contribution in [0.4, 0.5) is 0 Å². The van der Waals surface area contributed by atoms with Crippen LogP contribution in [0.2, 0.25) is 0 Å². The summed E-state index contributed by atoms with van der Waals surface area (Å²) in [7, 11) is 1.67. The van der Waals surface area contributed by atoms with Crippen LogP contribution in [0.25, 0.3) is 11.0 Å². The number of ether oxygens (including phenoxy) is 1. The van der Waals surface area contributed by atoms with E-state index in [0.717, 1.165) is 55.1 Å². The van der Waals surface area contributed by atoms with Crippen molar-refractivity contribution < 1.29 is 14.6 Å². The average Bonchev–Trinajstić information content (AvgIpc) is 3.12. The number of aliphatic carboxylic acids is 1. The van der Waals surface area contributed by atoms with E-state index in [1.54, 1.807) is 19.5 Å². The Bertz CT molecular complexity index is 947. The fourth-order valence-electron chi connectivity index (χ4n) is 4.27. The third kappa shape index (κ3) is 6.32. The van der Waals surface area contributed by atoms with Crippen LogP contribution in [0.5, 0.6) is 5.75 Å². The molecule has 4 rings (SSSR count). The Morgan fingerprint density at radius 1 is 1.23 bits per heavy atom. The monoisotopic (exact) mass is 466 g/mol. The smallest absolute Gasteiger partial charge is 0.303 e. The number of likely N-dealkylation sites (tertiary alicyclic amines) is 1. The number of pyridine rings is 1. The van der Waals surface area contributed by atoms with Crippen molar-refractivity contribution in [3.8, 4) is 5.75 Å². The molecule has 1 saturated heterocycles. The van der Waals surface area contributed by atoms with Crippen LogP contribution in [0, 0.1) is 11.8 Å². The Balaban J connectivity index is 0.00000171. The van der Waals surface area contributed by atoms with Gasteiger partial charge in [0, 0.05) is 32.1 Å². The number of H-pyrrole nitrogens is 1. The molecule has 0 spiro atoms. The number of hydrogen-bond donors (Lipinski definition) is 2. The second-order valence-electron chi connectivity index (χ2n) is 7.77. The molecule has 0 bridgehead atoms. The molecule has 168 valence electrons. The Morgan fingerprint density at radius 2 is 2.00 bits per heavy atom. The average molecular weight is 467 g/mol. The van der Waals surface area contributed by atoms with Gasteiger partial charge in [0.25, 0.3) is 0 Å². The Morgan fingerprint density at radius 3 is 2.68 bits per heavy atom. The highest BCUT2D eigenvalue weighted by molar-refractivity contribution is 5.85. The normalized spacial score (nSPS) is 18.7. The van der Waals surface area contributed by atoms with E-state index in [9.17, 15) is 9.90 Å². The van der Waals surface area contributed by atoms with E-state index in [1.807, 2.05) is 18.2 Å². The third-order valence-corrected chi connectivity index (χ3v) is 5.77. The summed E-state index contributed by atoms with van der Waals surface area (Å²) in [5.74, 6) is 1.43. The number of hydrogen-bond acceptors (Lipinski definition) is 5. The van der Waals surface area contributed by atoms with Gasteiger partial charge in [-0.3, -0.25) is 14.7 Å². The van der Waals surface area contributed by atoms with Gasteiger partial charge in [-0.1, -0.05) is 12.1 Å². The molecule has 7 nitrogen and oxygen atoms in total. The van der Waals surface area contributed by atoms with Crippen LogP contribution >= 0.6 is 24.8 Å². The molecule has 0 saturated carbocycles. The van der Waals surface area contributed by atoms with Gasteiger partial charge in [0.05, 0.1) is 24.3 Å². The molecular weight excluding hydrogens is 439 g/mol. The van der Waals surface area contributed by atoms with E-state index >= 15 is 0 Å². The highest BCUT2D eigenvalue weighted by Gasteiger charge is 2.31. The fraction of sp³-hybridized carbons (Fsp3) is 0.409. The minimum absolute atomic E-state index is 0. The van der Waals surface area contributed by atoms with E-state index in [1.165, 1.54) is 5.56 Å². The molecule has 1 fully saturated rings. The molecular formula is C22H28Cl2N4O3. The highest BCUT2D eigenvalue weighted by Crippen LogP contribution is 2.30. The zero-order chi connectivity index (χ0) is 20.2. The molecule has 2 aromatic heterocycles. The Hall–Kier alpha value is -2.35. The van der Waals surface area contributed by atoms with Crippen LogP contribution in [0.15, 0.2) is 42.7 Å². The molecule has 0 radical (unpaired) electrons. The topological polar surface area (TPSA) is 91.3 Å². The van der Waals surface area contributed by atoms with Gasteiger partial charge in [0.1, 0.15) is 11.6 Å². The van der Waals surface area contributed by atoms with Crippen LogP contribution in [0.1, 0.15) is 24.2 Å². The maximum Gasteiger partial charge on any atom is 0.303 e. The fourth-order valence-corrected chi connectivity index (χ4v) is 4.27. The number of rotatable bonds is 7. The maximum atomic E-state index is 11.4. The summed E-state index contributed by atoms with van der Waals surface area (Å²) >= 11 is 0. The number of aromatic amines is 1. The number of piperidine rings is 1. The Kier molecular flexibility index (Phi) is 9.10. The molecule has 2 N–H and O–H groups in total. The van der Waals surface area contributed by atoms with E-state index < -0.39 is 5.97 Å². The number of nitrogens with zero attached hydrogens (tertiary/aromatic N) is 3. The zero-order valence-electron chi connectivity index (χ0n) is 17.4. The first kappa shape index (κ1) is 24.9. The summed E-state index contributed by atoms with van der Waals surface area (Å²) in [6, 6.07) is 10.0. The Labute approximate surface area is 194 Å². The standard InChI is InChI=1S/C22H26N4O3.2ClH/c1-29-18-4-2-15(3-5-18)13-26-9-7-16(11-22(27)28)17(14-26)10-21-24-19-6-8-23-12-20(19)25-21;;/h2-6,8,12,16-17H,7,9-11,13-14H2,1H3,(H,24,25)(H,27,28);2*1H/t16-,17-;;/m0../s1. The van der Waals surface area contributed by atoms with Crippen molar-refractivity contribution in [2.75, 3.05) is 20.2 Å². The van der Waals surface area contributed by atoms with E-state index in [-0.39, 0.29) is 43.1 Å². The largest absolute Gasteiger partial charge is 0.497 e. The van der Waals surface area contributed by atoms with Gasteiger partial charge in [-0.05, 0) is 48.6 Å². The maximum absolute atomic E-state index is 11.4. The van der Waals surface area contributed by atoms with Gasteiger partial charge in [-0.2, -0.15) is 0 Å². The number of methoxy groups -OCH3 is 1. The number of halogens is 2. The molecule has 31 heavy (non-hydrogen) atoms. The lowest BCUT2D eigenvalue weighted by Gasteiger charge is -2.38. The SMILES string of the molecule is COc1ccc(CN2CC[C@@H](CC(=O)O)[C@@H](Cc3nc4ccncc4[nH]3)C2)cc1.Cl.Cl. The first-order valence-corrected chi connectivity index (χ1v) is 9.96. The van der Waals surface area contributed by atoms with Gasteiger partial charge in [0.2, 0.25) is 0 Å². The second-order valence-corrected chi connectivity index (χ2v) is 7.77. The minimum Gasteiger partial charge on any atom is -0.497 e. The number of carboxylic acid groups (broad SMARTS) is 1. The minimum atomic E-state index is -0.725. The third-order valence-electron chi connectivity index (χ3n) is 5.77. The number of fused-ring (bicyclic) bond motifs is 1. The van der Waals surface area contributed by atoms with Crippen LogP contribution < -0.4 is 4.74 Å². The molecule has 2 atom stereocenters. The molecule has 3 heterocycles. The van der Waals surface area contributed by atoms with Crippen molar-refractivity contribution in [1.82, 2.24) is 19.9 Å².